The van der Waals surface area contributed by atoms with Crippen LogP contribution in [0.4, 0.5) is 0 Å². The summed E-state index contributed by atoms with van der Waals surface area (Å²) < 4.78 is 5.94. The number of allylic oxidation sites excluding steroid dienone is 3. The minimum Gasteiger partial charge on any atom is -0.457 e. The van der Waals surface area contributed by atoms with Gasteiger partial charge < -0.3 is 4.74 Å². The lowest BCUT2D eigenvalue weighted by molar-refractivity contribution is 0.439. The fraction of sp³-hybridized carbons (Fsp3) is 0.290. The fourth-order valence-corrected chi connectivity index (χ4v) is 4.43. The SMILES string of the molecule is Cc1ccc(/C=C/CC[C@H]2CCC=C(c3ccc(Oc4ccccc4)cc3)CC2)cc1C. The average Bonchev–Trinajstić information content (AvgIpc) is 3.06. The quantitative estimate of drug-likeness (QED) is 0.369. The van der Waals surface area contributed by atoms with Gasteiger partial charge >= 0.3 is 0 Å². The van der Waals surface area contributed by atoms with Crippen LogP contribution in [0.2, 0.25) is 0 Å². The Morgan fingerprint density at radius 3 is 2.41 bits per heavy atom. The molecule has 3 aromatic carbocycles. The van der Waals surface area contributed by atoms with E-state index in [4.69, 9.17) is 4.74 Å². The summed E-state index contributed by atoms with van der Waals surface area (Å²) in [6.45, 7) is 4.36. The van der Waals surface area contributed by atoms with Gasteiger partial charge in [0, 0.05) is 0 Å². The average molecular weight is 423 g/mol. The van der Waals surface area contributed by atoms with E-state index in [2.05, 4.69) is 74.5 Å². The Morgan fingerprint density at radius 2 is 1.62 bits per heavy atom. The summed E-state index contributed by atoms with van der Waals surface area (Å²) in [6.07, 6.45) is 14.5. The van der Waals surface area contributed by atoms with E-state index in [0.717, 1.165) is 17.4 Å². The molecule has 4 rings (SSSR count). The van der Waals surface area contributed by atoms with Crippen LogP contribution in [0.1, 0.15) is 60.8 Å². The Bertz CT molecular complexity index is 1060. The van der Waals surface area contributed by atoms with Gasteiger partial charge in [0.15, 0.2) is 0 Å². The van der Waals surface area contributed by atoms with Gasteiger partial charge in [0.05, 0.1) is 0 Å². The van der Waals surface area contributed by atoms with Crippen LogP contribution in [0, 0.1) is 19.8 Å². The van der Waals surface area contributed by atoms with Gasteiger partial charge in [-0.15, -0.1) is 0 Å². The van der Waals surface area contributed by atoms with Crippen molar-refractivity contribution in [2.45, 2.75) is 52.4 Å². The molecule has 1 aliphatic rings. The molecule has 0 spiro atoms. The molecule has 164 valence electrons. The third kappa shape index (κ3) is 6.23. The van der Waals surface area contributed by atoms with Crippen LogP contribution >= 0.6 is 0 Å². The summed E-state index contributed by atoms with van der Waals surface area (Å²) in [6, 6.07) is 25.3. The van der Waals surface area contributed by atoms with E-state index in [9.17, 15) is 0 Å². The van der Waals surface area contributed by atoms with Crippen LogP contribution in [-0.4, -0.2) is 0 Å². The van der Waals surface area contributed by atoms with Gasteiger partial charge in [0.2, 0.25) is 0 Å². The third-order valence-electron chi connectivity index (χ3n) is 6.57. The van der Waals surface area contributed by atoms with Crippen molar-refractivity contribution in [2.24, 2.45) is 5.92 Å². The number of aryl methyl sites for hydroxylation is 2. The van der Waals surface area contributed by atoms with E-state index in [-0.39, 0.29) is 0 Å². The van der Waals surface area contributed by atoms with Crippen molar-refractivity contribution < 1.29 is 4.74 Å². The molecule has 0 N–H and O–H groups in total. The summed E-state index contributed by atoms with van der Waals surface area (Å²) in [5.74, 6) is 2.58. The fourth-order valence-electron chi connectivity index (χ4n) is 4.43. The summed E-state index contributed by atoms with van der Waals surface area (Å²) in [5, 5.41) is 0. The molecule has 0 aromatic heterocycles. The molecule has 1 heteroatoms. The zero-order valence-electron chi connectivity index (χ0n) is 19.4. The molecule has 3 aromatic rings. The second-order valence-electron chi connectivity index (χ2n) is 8.97. The largest absolute Gasteiger partial charge is 0.457 e. The number of rotatable bonds is 7. The first-order chi connectivity index (χ1) is 15.7. The van der Waals surface area contributed by atoms with Gasteiger partial charge in [-0.2, -0.15) is 0 Å². The minimum absolute atomic E-state index is 0.814. The Balaban J connectivity index is 1.25. The first-order valence-corrected chi connectivity index (χ1v) is 11.9. The highest BCUT2D eigenvalue weighted by atomic mass is 16.5. The van der Waals surface area contributed by atoms with Crippen molar-refractivity contribution in [3.63, 3.8) is 0 Å². The first kappa shape index (κ1) is 22.1. The van der Waals surface area contributed by atoms with Crippen molar-refractivity contribution >= 4 is 11.6 Å². The van der Waals surface area contributed by atoms with Gasteiger partial charge in [-0.1, -0.05) is 66.8 Å². The van der Waals surface area contributed by atoms with Crippen LogP contribution in [-0.2, 0) is 0 Å². The van der Waals surface area contributed by atoms with Gasteiger partial charge in [-0.25, -0.2) is 0 Å². The van der Waals surface area contributed by atoms with Crippen molar-refractivity contribution in [2.75, 3.05) is 0 Å². The molecule has 1 atom stereocenters. The maximum Gasteiger partial charge on any atom is 0.127 e. The molecule has 0 bridgehead atoms. The Hall–Kier alpha value is -3.06. The highest BCUT2D eigenvalue weighted by Crippen LogP contribution is 2.32. The Morgan fingerprint density at radius 1 is 0.844 bits per heavy atom. The number of hydrogen-bond acceptors (Lipinski definition) is 1. The maximum atomic E-state index is 5.94. The predicted molar refractivity (Wildman–Crippen MR) is 137 cm³/mol. The lowest BCUT2D eigenvalue weighted by atomic mass is 9.93. The van der Waals surface area contributed by atoms with Crippen LogP contribution in [0.5, 0.6) is 11.5 Å². The van der Waals surface area contributed by atoms with Gasteiger partial charge in [0.25, 0.3) is 0 Å². The lowest BCUT2D eigenvalue weighted by Crippen LogP contribution is -1.98. The van der Waals surface area contributed by atoms with Gasteiger partial charge in [-0.05, 0) is 110 Å². The summed E-state index contributed by atoms with van der Waals surface area (Å²) in [7, 11) is 0. The predicted octanol–water partition coefficient (Wildman–Crippen LogP) is 9.16. The molecule has 0 fully saturated rings. The standard InChI is InChI=1S/C31H34O/c1-24-15-16-27(23-25(24)2)10-7-6-9-26-11-8-12-28(18-17-26)29-19-21-31(22-20-29)32-30-13-4-3-5-14-30/h3-5,7,10,12-16,19-23,26H,6,8-9,11,17-18H2,1-2H3/b10-7+/t26-/m0/s1. The van der Waals surface area contributed by atoms with Crippen LogP contribution in [0.25, 0.3) is 11.6 Å². The highest BCUT2D eigenvalue weighted by molar-refractivity contribution is 5.66. The molecule has 0 saturated heterocycles. The molecule has 0 unspecified atom stereocenters. The monoisotopic (exact) mass is 422 g/mol. The molecule has 0 saturated carbocycles. The molecule has 0 amide bonds. The normalized spacial score (nSPS) is 16.6. The number of para-hydroxylation sites is 1. The van der Waals surface area contributed by atoms with Crippen molar-refractivity contribution in [3.05, 3.63) is 107 Å². The highest BCUT2D eigenvalue weighted by Gasteiger charge is 2.14. The maximum absolute atomic E-state index is 5.94. The number of benzene rings is 3. The van der Waals surface area contributed by atoms with Crippen molar-refractivity contribution in [1.82, 2.24) is 0 Å². The van der Waals surface area contributed by atoms with Crippen LogP contribution < -0.4 is 4.74 Å². The zero-order valence-corrected chi connectivity index (χ0v) is 19.4. The molecule has 1 aliphatic carbocycles. The lowest BCUT2D eigenvalue weighted by Gasteiger charge is -2.13. The Kier molecular flexibility index (Phi) is 7.61. The summed E-state index contributed by atoms with van der Waals surface area (Å²) in [4.78, 5) is 0. The second kappa shape index (κ2) is 11.0. The van der Waals surface area contributed by atoms with E-state index in [1.807, 2.05) is 30.3 Å². The molecular weight excluding hydrogens is 388 g/mol. The first-order valence-electron chi connectivity index (χ1n) is 11.9. The van der Waals surface area contributed by atoms with E-state index in [1.54, 1.807) is 0 Å². The van der Waals surface area contributed by atoms with E-state index < -0.39 is 0 Å². The molecule has 0 heterocycles. The van der Waals surface area contributed by atoms with Crippen LogP contribution in [0.3, 0.4) is 0 Å². The van der Waals surface area contributed by atoms with E-state index in [1.165, 1.54) is 66.4 Å². The number of ether oxygens (including phenoxy) is 1. The van der Waals surface area contributed by atoms with E-state index in [0.29, 0.717) is 0 Å². The van der Waals surface area contributed by atoms with Gasteiger partial charge in [-0.3, -0.25) is 0 Å². The molecule has 32 heavy (non-hydrogen) atoms. The summed E-state index contributed by atoms with van der Waals surface area (Å²) >= 11 is 0. The van der Waals surface area contributed by atoms with Gasteiger partial charge in [0.1, 0.15) is 11.5 Å². The van der Waals surface area contributed by atoms with Crippen molar-refractivity contribution in [3.8, 4) is 11.5 Å². The van der Waals surface area contributed by atoms with Crippen LogP contribution in [0.15, 0.2) is 84.9 Å². The van der Waals surface area contributed by atoms with E-state index >= 15 is 0 Å². The van der Waals surface area contributed by atoms with Crippen molar-refractivity contribution in [1.29, 1.82) is 0 Å². The molecule has 0 radical (unpaired) electrons. The second-order valence-corrected chi connectivity index (χ2v) is 8.97. The molecule has 1 nitrogen and oxygen atoms in total. The smallest absolute Gasteiger partial charge is 0.127 e. The third-order valence-corrected chi connectivity index (χ3v) is 6.57. The Labute approximate surface area is 193 Å². The minimum atomic E-state index is 0.814. The molecule has 0 aliphatic heterocycles. The zero-order chi connectivity index (χ0) is 22.2. The molecular formula is C31H34O. The summed E-state index contributed by atoms with van der Waals surface area (Å²) in [5.41, 5.74) is 6.87. The number of hydrogen-bond donors (Lipinski definition) is 0. The topological polar surface area (TPSA) is 9.23 Å².